The van der Waals surface area contributed by atoms with Gasteiger partial charge in [0.1, 0.15) is 11.6 Å². The molecule has 0 atom stereocenters. The lowest BCUT2D eigenvalue weighted by Gasteiger charge is -2.09. The van der Waals surface area contributed by atoms with E-state index in [1.54, 1.807) is 0 Å². The van der Waals surface area contributed by atoms with Crippen molar-refractivity contribution in [2.24, 2.45) is 0 Å². The van der Waals surface area contributed by atoms with Crippen molar-refractivity contribution in [1.29, 1.82) is 0 Å². The van der Waals surface area contributed by atoms with Gasteiger partial charge in [-0.2, -0.15) is 0 Å². The summed E-state index contributed by atoms with van der Waals surface area (Å²) in [5, 5.41) is 0. The van der Waals surface area contributed by atoms with Crippen LogP contribution in [0.5, 0.6) is 5.75 Å². The van der Waals surface area contributed by atoms with E-state index in [4.69, 9.17) is 4.74 Å². The number of hydrogen-bond acceptors (Lipinski definition) is 2. The quantitative estimate of drug-likeness (QED) is 0.777. The molecule has 2 nitrogen and oxygen atoms in total. The average Bonchev–Trinajstić information content (AvgIpc) is 3.23. The van der Waals surface area contributed by atoms with Crippen molar-refractivity contribution in [3.63, 3.8) is 0 Å². The van der Waals surface area contributed by atoms with E-state index < -0.39 is 0 Å². The molecule has 1 saturated carbocycles. The van der Waals surface area contributed by atoms with Crippen LogP contribution in [0.25, 0.3) is 11.1 Å². The van der Waals surface area contributed by atoms with Crippen LogP contribution in [0.1, 0.15) is 30.1 Å². The number of hydrogen-bond donors (Lipinski definition) is 0. The lowest BCUT2D eigenvalue weighted by atomic mass is 9.97. The lowest BCUT2D eigenvalue weighted by Crippen LogP contribution is -1.98. The zero-order chi connectivity index (χ0) is 14.1. The summed E-state index contributed by atoms with van der Waals surface area (Å²) in [5.74, 6) is 0.402. The van der Waals surface area contributed by atoms with Crippen LogP contribution in [0.3, 0.4) is 0 Å². The maximum Gasteiger partial charge on any atom is 0.160 e. The molecule has 20 heavy (non-hydrogen) atoms. The summed E-state index contributed by atoms with van der Waals surface area (Å²) in [6, 6.07) is 11.7. The predicted molar refractivity (Wildman–Crippen MR) is 75.5 cm³/mol. The average molecular weight is 270 g/mol. The van der Waals surface area contributed by atoms with E-state index in [1.807, 2.05) is 24.3 Å². The highest BCUT2D eigenvalue weighted by Crippen LogP contribution is 2.30. The summed E-state index contributed by atoms with van der Waals surface area (Å²) in [7, 11) is 0. The Balaban J connectivity index is 1.94. The van der Waals surface area contributed by atoms with Crippen LogP contribution < -0.4 is 4.74 Å². The molecule has 0 radical (unpaired) electrons. The van der Waals surface area contributed by atoms with Gasteiger partial charge in [0.2, 0.25) is 0 Å². The predicted octanol–water partition coefficient (Wildman–Crippen LogP) is 4.24. The second-order valence-corrected chi connectivity index (χ2v) is 5.09. The van der Waals surface area contributed by atoms with Gasteiger partial charge in [-0.25, -0.2) is 4.39 Å². The van der Waals surface area contributed by atoms with Crippen LogP contribution in [0.15, 0.2) is 42.5 Å². The zero-order valence-electron chi connectivity index (χ0n) is 11.2. The summed E-state index contributed by atoms with van der Waals surface area (Å²) in [6.45, 7) is 1.49. The van der Waals surface area contributed by atoms with E-state index in [0.29, 0.717) is 17.2 Å². The van der Waals surface area contributed by atoms with Gasteiger partial charge in [0, 0.05) is 5.56 Å². The van der Waals surface area contributed by atoms with E-state index >= 15 is 0 Å². The SMILES string of the molecule is CC(=O)c1ccc(F)cc1-c1ccc(OC2CC2)cc1. The Labute approximate surface area is 117 Å². The van der Waals surface area contributed by atoms with Gasteiger partial charge in [0.05, 0.1) is 6.10 Å². The standard InChI is InChI=1S/C17H15FO2/c1-11(19)16-9-4-13(18)10-17(16)12-2-5-14(6-3-12)20-15-7-8-15/h2-6,9-10,15H,7-8H2,1H3. The molecule has 0 N–H and O–H groups in total. The first-order chi connectivity index (χ1) is 9.63. The summed E-state index contributed by atoms with van der Waals surface area (Å²) in [5.41, 5.74) is 1.97. The lowest BCUT2D eigenvalue weighted by molar-refractivity contribution is 0.101. The van der Waals surface area contributed by atoms with Gasteiger partial charge in [-0.05, 0) is 61.2 Å². The number of ketones is 1. The number of carbonyl (C=O) groups is 1. The molecule has 3 heteroatoms. The van der Waals surface area contributed by atoms with Crippen molar-refractivity contribution >= 4 is 5.78 Å². The van der Waals surface area contributed by atoms with Crippen LogP contribution >= 0.6 is 0 Å². The van der Waals surface area contributed by atoms with Crippen molar-refractivity contribution in [3.8, 4) is 16.9 Å². The first-order valence-electron chi connectivity index (χ1n) is 6.71. The van der Waals surface area contributed by atoms with E-state index in [9.17, 15) is 9.18 Å². The second-order valence-electron chi connectivity index (χ2n) is 5.09. The van der Waals surface area contributed by atoms with Gasteiger partial charge < -0.3 is 4.74 Å². The molecular formula is C17H15FO2. The molecule has 1 fully saturated rings. The monoisotopic (exact) mass is 270 g/mol. The molecule has 0 spiro atoms. The minimum absolute atomic E-state index is 0.0710. The Kier molecular flexibility index (Phi) is 3.26. The van der Waals surface area contributed by atoms with Crippen molar-refractivity contribution in [2.75, 3.05) is 0 Å². The highest BCUT2D eigenvalue weighted by molar-refractivity contribution is 6.00. The number of Topliss-reactive ketones (excluding diaryl/α,β-unsaturated/α-hetero) is 1. The maximum atomic E-state index is 13.4. The fourth-order valence-electron chi connectivity index (χ4n) is 2.15. The number of rotatable bonds is 4. The summed E-state index contributed by atoms with van der Waals surface area (Å²) in [6.07, 6.45) is 2.57. The minimum Gasteiger partial charge on any atom is -0.490 e. The smallest absolute Gasteiger partial charge is 0.160 e. The first kappa shape index (κ1) is 12.9. The Bertz CT molecular complexity index is 643. The molecule has 0 aromatic heterocycles. The molecule has 0 amide bonds. The first-order valence-corrected chi connectivity index (χ1v) is 6.71. The van der Waals surface area contributed by atoms with Crippen LogP contribution in [0, 0.1) is 5.82 Å². The molecule has 2 aromatic rings. The van der Waals surface area contributed by atoms with Crippen LogP contribution in [-0.4, -0.2) is 11.9 Å². The van der Waals surface area contributed by atoms with E-state index in [-0.39, 0.29) is 11.6 Å². The Morgan fingerprint density at radius 3 is 2.45 bits per heavy atom. The highest BCUT2D eigenvalue weighted by atomic mass is 19.1. The fraction of sp³-hybridized carbons (Fsp3) is 0.235. The largest absolute Gasteiger partial charge is 0.490 e. The number of benzene rings is 2. The third kappa shape index (κ3) is 2.72. The van der Waals surface area contributed by atoms with Gasteiger partial charge in [-0.3, -0.25) is 4.79 Å². The molecule has 0 aliphatic heterocycles. The van der Waals surface area contributed by atoms with Crippen LogP contribution in [0.2, 0.25) is 0 Å². The highest BCUT2D eigenvalue weighted by Gasteiger charge is 2.23. The maximum absolute atomic E-state index is 13.4. The molecule has 2 aromatic carbocycles. The third-order valence-corrected chi connectivity index (χ3v) is 3.35. The van der Waals surface area contributed by atoms with E-state index in [1.165, 1.54) is 25.1 Å². The summed E-state index contributed by atoms with van der Waals surface area (Å²) in [4.78, 5) is 11.6. The molecule has 3 rings (SSSR count). The van der Waals surface area contributed by atoms with Crippen LogP contribution in [0.4, 0.5) is 4.39 Å². The number of halogens is 1. The Hall–Kier alpha value is -2.16. The molecule has 0 heterocycles. The molecule has 0 unspecified atom stereocenters. The van der Waals surface area contributed by atoms with Gasteiger partial charge in [-0.1, -0.05) is 12.1 Å². The van der Waals surface area contributed by atoms with Crippen molar-refractivity contribution in [2.45, 2.75) is 25.9 Å². The topological polar surface area (TPSA) is 26.3 Å². The van der Waals surface area contributed by atoms with Crippen molar-refractivity contribution < 1.29 is 13.9 Å². The van der Waals surface area contributed by atoms with Gasteiger partial charge >= 0.3 is 0 Å². The third-order valence-electron chi connectivity index (χ3n) is 3.35. The number of carbonyl (C=O) groups excluding carboxylic acids is 1. The minimum atomic E-state index is -0.344. The number of ether oxygens (including phenoxy) is 1. The van der Waals surface area contributed by atoms with Crippen LogP contribution in [-0.2, 0) is 0 Å². The molecule has 1 aliphatic carbocycles. The van der Waals surface area contributed by atoms with Crippen molar-refractivity contribution in [3.05, 3.63) is 53.8 Å². The Morgan fingerprint density at radius 1 is 1.15 bits per heavy atom. The van der Waals surface area contributed by atoms with Crippen molar-refractivity contribution in [1.82, 2.24) is 0 Å². The van der Waals surface area contributed by atoms with Gasteiger partial charge in [0.25, 0.3) is 0 Å². The summed E-state index contributed by atoms with van der Waals surface area (Å²) >= 11 is 0. The van der Waals surface area contributed by atoms with E-state index in [0.717, 1.165) is 24.2 Å². The molecule has 1 aliphatic rings. The fourth-order valence-corrected chi connectivity index (χ4v) is 2.15. The molecule has 102 valence electrons. The Morgan fingerprint density at radius 2 is 1.85 bits per heavy atom. The molecule has 0 saturated heterocycles. The van der Waals surface area contributed by atoms with E-state index in [2.05, 4.69) is 0 Å². The zero-order valence-corrected chi connectivity index (χ0v) is 11.2. The summed E-state index contributed by atoms with van der Waals surface area (Å²) < 4.78 is 19.1. The normalized spacial score (nSPS) is 14.1. The molecular weight excluding hydrogens is 255 g/mol. The second kappa shape index (κ2) is 5.08. The van der Waals surface area contributed by atoms with Gasteiger partial charge in [-0.15, -0.1) is 0 Å². The molecule has 0 bridgehead atoms. The van der Waals surface area contributed by atoms with Gasteiger partial charge in [0.15, 0.2) is 5.78 Å².